The van der Waals surface area contributed by atoms with Crippen molar-refractivity contribution in [2.45, 2.75) is 31.6 Å². The minimum atomic E-state index is -0.907. The molecule has 1 aromatic heterocycles. The van der Waals surface area contributed by atoms with Gasteiger partial charge in [0.15, 0.2) is 5.96 Å². The average Bonchev–Trinajstić information content (AvgIpc) is 3.15. The van der Waals surface area contributed by atoms with Crippen LogP contribution in [0.2, 0.25) is 0 Å². The van der Waals surface area contributed by atoms with E-state index in [1.165, 1.54) is 0 Å². The SMILES string of the molecule is CCNC(=NCCS(=O)Cc1ccccc1)NC1CCCN(c2cnn(C)c2)C1.I. The van der Waals surface area contributed by atoms with Crippen molar-refractivity contribution in [1.82, 2.24) is 20.4 Å². The maximum Gasteiger partial charge on any atom is 0.191 e. The smallest absolute Gasteiger partial charge is 0.191 e. The van der Waals surface area contributed by atoms with Crippen molar-refractivity contribution in [3.8, 4) is 0 Å². The third-order valence-electron chi connectivity index (χ3n) is 4.92. The van der Waals surface area contributed by atoms with Crippen LogP contribution in [0, 0.1) is 0 Å². The lowest BCUT2D eigenvalue weighted by Gasteiger charge is -2.34. The molecule has 0 radical (unpaired) electrons. The van der Waals surface area contributed by atoms with E-state index in [4.69, 9.17) is 0 Å². The third-order valence-corrected chi connectivity index (χ3v) is 6.22. The summed E-state index contributed by atoms with van der Waals surface area (Å²) in [5.74, 6) is 1.96. The molecule has 7 nitrogen and oxygen atoms in total. The van der Waals surface area contributed by atoms with Gasteiger partial charge in [0.05, 0.1) is 18.4 Å². The second kappa shape index (κ2) is 12.9. The number of rotatable bonds is 8. The van der Waals surface area contributed by atoms with E-state index in [0.29, 0.717) is 24.1 Å². The van der Waals surface area contributed by atoms with Crippen LogP contribution in [0.1, 0.15) is 25.3 Å². The van der Waals surface area contributed by atoms with Gasteiger partial charge in [-0.05, 0) is 25.3 Å². The molecular formula is C21H33IN6OS. The molecule has 0 bridgehead atoms. The fourth-order valence-electron chi connectivity index (χ4n) is 3.51. The Labute approximate surface area is 199 Å². The Kier molecular flexibility index (Phi) is 10.6. The largest absolute Gasteiger partial charge is 0.367 e. The first-order chi connectivity index (χ1) is 14.1. The number of anilines is 1. The van der Waals surface area contributed by atoms with Gasteiger partial charge in [-0.3, -0.25) is 13.9 Å². The molecule has 3 rings (SSSR count). The average molecular weight is 545 g/mol. The number of aryl methyl sites for hydroxylation is 1. The van der Waals surface area contributed by atoms with E-state index in [9.17, 15) is 4.21 Å². The second-order valence-corrected chi connectivity index (χ2v) is 8.91. The summed E-state index contributed by atoms with van der Waals surface area (Å²) in [6.45, 7) is 5.39. The van der Waals surface area contributed by atoms with Crippen LogP contribution < -0.4 is 15.5 Å². The number of piperidine rings is 1. The van der Waals surface area contributed by atoms with Crippen molar-refractivity contribution in [1.29, 1.82) is 0 Å². The number of aromatic nitrogens is 2. The van der Waals surface area contributed by atoms with Crippen LogP contribution >= 0.6 is 24.0 Å². The Morgan fingerprint density at radius 3 is 2.83 bits per heavy atom. The Balaban J connectivity index is 0.00000320. The highest BCUT2D eigenvalue weighted by atomic mass is 127. The van der Waals surface area contributed by atoms with Gasteiger partial charge in [0.2, 0.25) is 0 Å². The molecule has 2 N–H and O–H groups in total. The molecule has 2 heterocycles. The molecule has 1 saturated heterocycles. The van der Waals surface area contributed by atoms with E-state index in [1.54, 1.807) is 0 Å². The Morgan fingerprint density at radius 2 is 2.13 bits per heavy atom. The summed E-state index contributed by atoms with van der Waals surface area (Å²) in [4.78, 5) is 7.03. The molecule has 30 heavy (non-hydrogen) atoms. The van der Waals surface area contributed by atoms with Gasteiger partial charge < -0.3 is 15.5 Å². The van der Waals surface area contributed by atoms with Crippen molar-refractivity contribution >= 4 is 46.4 Å². The van der Waals surface area contributed by atoms with E-state index in [1.807, 2.05) is 48.3 Å². The minimum Gasteiger partial charge on any atom is -0.367 e. The third kappa shape index (κ3) is 7.90. The number of guanidine groups is 1. The number of nitrogens with one attached hydrogen (secondary N) is 2. The summed E-state index contributed by atoms with van der Waals surface area (Å²) < 4.78 is 14.2. The maximum atomic E-state index is 12.3. The standard InChI is InChI=1S/C21H32N6OS.HI/c1-3-22-21(23-11-13-29(28)17-18-8-5-4-6-9-18)25-19-10-7-12-27(15-19)20-14-24-26(2)16-20;/h4-6,8-9,14,16,19H,3,7,10-13,15,17H2,1-2H3,(H2,22,23,25);1H. The number of halogens is 1. The molecule has 1 fully saturated rings. The molecule has 9 heteroatoms. The van der Waals surface area contributed by atoms with Gasteiger partial charge in [-0.25, -0.2) is 0 Å². The molecule has 2 atom stereocenters. The summed E-state index contributed by atoms with van der Waals surface area (Å²) in [7, 11) is 1.04. The number of hydrogen-bond acceptors (Lipinski definition) is 4. The molecule has 1 aliphatic heterocycles. The number of nitrogens with zero attached hydrogens (tertiary/aromatic N) is 4. The molecule has 2 aromatic rings. The summed E-state index contributed by atoms with van der Waals surface area (Å²) in [6, 6.07) is 10.3. The summed E-state index contributed by atoms with van der Waals surface area (Å²) in [5, 5.41) is 11.2. The zero-order valence-corrected chi connectivity index (χ0v) is 20.9. The highest BCUT2D eigenvalue weighted by molar-refractivity contribution is 14.0. The van der Waals surface area contributed by atoms with Gasteiger partial charge in [0.1, 0.15) is 0 Å². The molecule has 0 spiro atoms. The number of aliphatic imine (C=N–C) groups is 1. The fourth-order valence-corrected chi connectivity index (χ4v) is 4.51. The van der Waals surface area contributed by atoms with Crippen molar-refractivity contribution in [2.75, 3.05) is 36.8 Å². The van der Waals surface area contributed by atoms with Crippen molar-refractivity contribution in [3.05, 3.63) is 48.3 Å². The lowest BCUT2D eigenvalue weighted by Crippen LogP contribution is -2.51. The highest BCUT2D eigenvalue weighted by Crippen LogP contribution is 2.18. The predicted molar refractivity (Wildman–Crippen MR) is 136 cm³/mol. The van der Waals surface area contributed by atoms with Crippen LogP contribution in [0.4, 0.5) is 5.69 Å². The monoisotopic (exact) mass is 544 g/mol. The first-order valence-electron chi connectivity index (χ1n) is 10.3. The van der Waals surface area contributed by atoms with E-state index >= 15 is 0 Å². The maximum absolute atomic E-state index is 12.3. The van der Waals surface area contributed by atoms with E-state index in [0.717, 1.165) is 49.7 Å². The van der Waals surface area contributed by atoms with Crippen molar-refractivity contribution < 1.29 is 4.21 Å². The molecule has 166 valence electrons. The second-order valence-electron chi connectivity index (χ2n) is 7.34. The lowest BCUT2D eigenvalue weighted by molar-refractivity contribution is 0.468. The first-order valence-corrected chi connectivity index (χ1v) is 11.8. The Morgan fingerprint density at radius 1 is 1.33 bits per heavy atom. The quantitative estimate of drug-likeness (QED) is 0.304. The van der Waals surface area contributed by atoms with Crippen LogP contribution in [0.5, 0.6) is 0 Å². The van der Waals surface area contributed by atoms with Crippen LogP contribution in [0.25, 0.3) is 0 Å². The van der Waals surface area contributed by atoms with Gasteiger partial charge in [0.25, 0.3) is 0 Å². The van der Waals surface area contributed by atoms with Crippen LogP contribution in [-0.2, 0) is 23.6 Å². The van der Waals surface area contributed by atoms with Gasteiger partial charge >= 0.3 is 0 Å². The summed E-state index contributed by atoms with van der Waals surface area (Å²) in [6.07, 6.45) is 6.22. The number of hydrogen-bond donors (Lipinski definition) is 2. The molecule has 0 aliphatic carbocycles. The van der Waals surface area contributed by atoms with E-state index in [2.05, 4.69) is 38.7 Å². The zero-order chi connectivity index (χ0) is 20.5. The van der Waals surface area contributed by atoms with Crippen LogP contribution in [0.15, 0.2) is 47.7 Å². The fraction of sp³-hybridized carbons (Fsp3) is 0.524. The predicted octanol–water partition coefficient (Wildman–Crippen LogP) is 2.51. The first kappa shape index (κ1) is 24.6. The number of benzene rings is 1. The summed E-state index contributed by atoms with van der Waals surface area (Å²) in [5.41, 5.74) is 2.27. The molecule has 2 unspecified atom stereocenters. The van der Waals surface area contributed by atoms with Gasteiger partial charge in [-0.1, -0.05) is 30.3 Å². The topological polar surface area (TPSA) is 74.6 Å². The van der Waals surface area contributed by atoms with E-state index in [-0.39, 0.29) is 24.0 Å². The lowest BCUT2D eigenvalue weighted by atomic mass is 10.1. The highest BCUT2D eigenvalue weighted by Gasteiger charge is 2.21. The molecule has 0 amide bonds. The van der Waals surface area contributed by atoms with Gasteiger partial charge in [-0.15, -0.1) is 24.0 Å². The van der Waals surface area contributed by atoms with Crippen molar-refractivity contribution in [3.63, 3.8) is 0 Å². The summed E-state index contributed by atoms with van der Waals surface area (Å²) >= 11 is 0. The van der Waals surface area contributed by atoms with Gasteiger partial charge in [-0.2, -0.15) is 5.10 Å². The van der Waals surface area contributed by atoms with Crippen LogP contribution in [-0.4, -0.2) is 57.9 Å². The molecule has 1 aliphatic rings. The van der Waals surface area contributed by atoms with Gasteiger partial charge in [0, 0.05) is 61.2 Å². The zero-order valence-electron chi connectivity index (χ0n) is 17.8. The van der Waals surface area contributed by atoms with Crippen molar-refractivity contribution in [2.24, 2.45) is 12.0 Å². The normalized spacial score (nSPS) is 17.9. The Hall–Kier alpha value is -1.62. The van der Waals surface area contributed by atoms with E-state index < -0.39 is 10.8 Å². The molecule has 0 saturated carbocycles. The molecular weight excluding hydrogens is 511 g/mol. The minimum absolute atomic E-state index is 0. The Bertz CT molecular complexity index is 813. The molecule has 1 aromatic carbocycles. The van der Waals surface area contributed by atoms with Crippen LogP contribution in [0.3, 0.4) is 0 Å².